The number of hydrogen-bond donors (Lipinski definition) is 4. The number of carbonyl (C=O) groups excluding carboxylic acids is 2. The van der Waals surface area contributed by atoms with Crippen molar-refractivity contribution in [2.75, 3.05) is 23.8 Å². The van der Waals surface area contributed by atoms with Crippen molar-refractivity contribution in [2.24, 2.45) is 20.5 Å². The van der Waals surface area contributed by atoms with E-state index in [9.17, 15) is 45.7 Å². The van der Waals surface area contributed by atoms with Crippen LogP contribution in [-0.2, 0) is 33.1 Å². The van der Waals surface area contributed by atoms with E-state index in [1.807, 2.05) is 13.8 Å². The molecular weight excluding hydrogens is 1100 g/mol. The number of aromatic hydroxyl groups is 1. The Hall–Kier alpha value is -6.72. The van der Waals surface area contributed by atoms with Gasteiger partial charge in [0.15, 0.2) is 5.75 Å². The first-order valence-electron chi connectivity index (χ1n) is 23.2. The molecule has 0 bridgehead atoms. The number of ether oxygens (including phenoxy) is 2. The molecule has 8 rings (SSSR count). The van der Waals surface area contributed by atoms with E-state index in [1.54, 1.807) is 111 Å². The molecule has 0 radical (unpaired) electrons. The molecule has 0 aliphatic heterocycles. The molecule has 0 aromatic heterocycles. The molecule has 0 aliphatic carbocycles. The van der Waals surface area contributed by atoms with Gasteiger partial charge in [-0.2, -0.15) is 23.8 Å². The summed E-state index contributed by atoms with van der Waals surface area (Å²) in [5.41, 5.74) is 1.06. The normalized spacial score (nSPS) is 11.5. The van der Waals surface area contributed by atoms with E-state index in [-0.39, 0.29) is 111 Å². The van der Waals surface area contributed by atoms with Gasteiger partial charge in [-0.25, -0.2) is 8.42 Å². The van der Waals surface area contributed by atoms with E-state index in [1.165, 1.54) is 24.3 Å². The Morgan fingerprint density at radius 3 is 1.45 bits per heavy atom. The number of amides is 2. The van der Waals surface area contributed by atoms with Crippen LogP contribution < -0.4 is 25.2 Å². The molecule has 8 aromatic carbocycles. The van der Waals surface area contributed by atoms with Crippen molar-refractivity contribution in [3.8, 4) is 23.0 Å². The summed E-state index contributed by atoms with van der Waals surface area (Å²) < 4.78 is 79.4. The number of phenols is 1. The second-order valence-electron chi connectivity index (χ2n) is 16.3. The Kier molecular flexibility index (Phi) is 20.2. The number of nitrogens with one attached hydrogen (secondary N) is 2. The largest absolute Gasteiger partial charge is 2.00 e. The van der Waals surface area contributed by atoms with Gasteiger partial charge in [0.1, 0.15) is 32.2 Å². The predicted molar refractivity (Wildman–Crippen MR) is 294 cm³/mol. The molecule has 23 heteroatoms. The van der Waals surface area contributed by atoms with Crippen LogP contribution in [0.1, 0.15) is 59.5 Å². The Morgan fingerprint density at radius 2 is 1.00 bits per heavy atom. The first-order valence-corrected chi connectivity index (χ1v) is 26.8. The summed E-state index contributed by atoms with van der Waals surface area (Å²) in [6.07, 6.45) is 0.482. The van der Waals surface area contributed by atoms with Gasteiger partial charge < -0.3 is 34.9 Å². The second-order valence-corrected chi connectivity index (χ2v) is 19.9. The summed E-state index contributed by atoms with van der Waals surface area (Å²) in [5.74, 6) is -1.00. The fourth-order valence-electron chi connectivity index (χ4n) is 7.83. The summed E-state index contributed by atoms with van der Waals surface area (Å²) in [6.45, 7) is 8.11. The third-order valence-electron chi connectivity index (χ3n) is 11.4. The monoisotopic (exact) mass is 1140 g/mol. The standard InChI is InChI=1S/2C27H24ClN3O6S.Ca/c2*1-3-20-23(28)14-18(15-24(20)38(34,35)36)30-31-25-21-8-6-5-7-16(21)13-22(26(25)32)27(33)29-17-9-11-19(12-10-17)37-4-2;/h2*5-15,32H,3-4H2,1-2H3,(H,29,33)(H,34,35,36);/q;;+2/p-2. The molecule has 2 amide bonds. The zero-order valence-corrected chi connectivity index (χ0v) is 46.9. The van der Waals surface area contributed by atoms with Crippen molar-refractivity contribution >= 4 is 149 Å². The van der Waals surface area contributed by atoms with Gasteiger partial charge >= 0.3 is 37.7 Å². The Balaban J connectivity index is 0.000000246. The SMILES string of the molecule is CCOc1ccc(NC(=O)c2cc3ccccc3c(N=Nc3cc(Cl)c(CC)c(S(=O)(=O)O)c3)c2O)cc1.CCOc1ccc(NC(=O)c2cc3ccccc3c(N=Nc3cc(Cl)c(CC)c(S(=O)(=O)[O-])c3)c2[O-])cc1.[Ca+2]. The minimum absolute atomic E-state index is 0. The van der Waals surface area contributed by atoms with E-state index in [4.69, 9.17) is 32.7 Å². The Labute approximate surface area is 483 Å². The summed E-state index contributed by atoms with van der Waals surface area (Å²) in [6, 6.07) is 35.3. The summed E-state index contributed by atoms with van der Waals surface area (Å²) in [5, 5.41) is 48.4. The quantitative estimate of drug-likeness (QED) is 0.0399. The third kappa shape index (κ3) is 14.5. The molecule has 0 saturated carbocycles. The van der Waals surface area contributed by atoms with Gasteiger partial charge in [-0.1, -0.05) is 91.3 Å². The topological polar surface area (TPSA) is 281 Å². The molecule has 77 heavy (non-hydrogen) atoms. The van der Waals surface area contributed by atoms with E-state index >= 15 is 0 Å². The molecule has 4 N–H and O–H groups in total. The molecular formula is C54H46CaCl2N6O12S2. The van der Waals surface area contributed by atoms with Crippen LogP contribution in [-0.4, -0.2) is 93.8 Å². The molecule has 0 saturated heterocycles. The third-order valence-corrected chi connectivity index (χ3v) is 13.9. The van der Waals surface area contributed by atoms with Crippen molar-refractivity contribution in [1.29, 1.82) is 0 Å². The van der Waals surface area contributed by atoms with Crippen LogP contribution >= 0.6 is 23.2 Å². The van der Waals surface area contributed by atoms with Crippen molar-refractivity contribution in [1.82, 2.24) is 0 Å². The number of hydrogen-bond acceptors (Lipinski definition) is 15. The Morgan fingerprint density at radius 1 is 0.584 bits per heavy atom. The molecule has 392 valence electrons. The van der Waals surface area contributed by atoms with Crippen molar-refractivity contribution in [3.05, 3.63) is 166 Å². The molecule has 0 aliphatic rings. The summed E-state index contributed by atoms with van der Waals surface area (Å²) in [4.78, 5) is 25.3. The van der Waals surface area contributed by atoms with Crippen LogP contribution in [0.5, 0.6) is 23.0 Å². The van der Waals surface area contributed by atoms with Gasteiger partial charge in [-0.05, 0) is 134 Å². The first-order chi connectivity index (χ1) is 36.2. The molecule has 0 spiro atoms. The molecule has 18 nitrogen and oxygen atoms in total. The number of carbonyl (C=O) groups is 2. The average Bonchev–Trinajstić information content (AvgIpc) is 3.38. The zero-order valence-electron chi connectivity index (χ0n) is 41.6. The maximum atomic E-state index is 13.4. The number of nitrogens with zero attached hydrogens (tertiary/aromatic N) is 4. The van der Waals surface area contributed by atoms with E-state index < -0.39 is 48.4 Å². The minimum atomic E-state index is -4.83. The van der Waals surface area contributed by atoms with Crippen LogP contribution in [0, 0.1) is 0 Å². The number of phenolic OH excluding ortho intramolecular Hbond substituents is 1. The maximum Gasteiger partial charge on any atom is 2.00 e. The van der Waals surface area contributed by atoms with Gasteiger partial charge in [0, 0.05) is 37.8 Å². The minimum Gasteiger partial charge on any atom is -0.870 e. The first kappa shape index (κ1) is 59.5. The number of benzene rings is 8. The number of fused-ring (bicyclic) bond motifs is 2. The van der Waals surface area contributed by atoms with Crippen LogP contribution in [0.2, 0.25) is 10.0 Å². The van der Waals surface area contributed by atoms with Gasteiger partial charge in [0.2, 0.25) is 0 Å². The van der Waals surface area contributed by atoms with E-state index in [0.717, 1.165) is 12.1 Å². The van der Waals surface area contributed by atoms with Gasteiger partial charge in [-0.15, -0.1) is 5.11 Å². The molecule has 0 fully saturated rings. The van der Waals surface area contributed by atoms with Crippen LogP contribution in [0.15, 0.2) is 164 Å². The van der Waals surface area contributed by atoms with Crippen molar-refractivity contribution < 1.29 is 55.2 Å². The van der Waals surface area contributed by atoms with Gasteiger partial charge in [0.25, 0.3) is 21.9 Å². The number of azo groups is 2. The van der Waals surface area contributed by atoms with E-state index in [2.05, 4.69) is 31.1 Å². The maximum absolute atomic E-state index is 13.4. The van der Waals surface area contributed by atoms with E-state index in [0.29, 0.717) is 57.6 Å². The van der Waals surface area contributed by atoms with Crippen molar-refractivity contribution in [2.45, 2.75) is 50.3 Å². The zero-order chi connectivity index (χ0) is 54.9. The molecule has 8 aromatic rings. The fourth-order valence-corrected chi connectivity index (χ4v) is 10.3. The summed E-state index contributed by atoms with van der Waals surface area (Å²) in [7, 11) is -9.40. The molecule has 0 unspecified atom stereocenters. The van der Waals surface area contributed by atoms with Gasteiger partial charge in [-0.3, -0.25) is 14.1 Å². The predicted octanol–water partition coefficient (Wildman–Crippen LogP) is 12.8. The average molecular weight is 1150 g/mol. The summed E-state index contributed by atoms with van der Waals surface area (Å²) >= 11 is 12.4. The van der Waals surface area contributed by atoms with Crippen molar-refractivity contribution in [3.63, 3.8) is 0 Å². The molecule has 0 atom stereocenters. The number of halogens is 2. The smallest absolute Gasteiger partial charge is 0.870 e. The molecule has 0 heterocycles. The van der Waals surface area contributed by atoms with Gasteiger partial charge in [0.05, 0.1) is 40.7 Å². The number of anilines is 2. The van der Waals surface area contributed by atoms with Crippen LogP contribution in [0.3, 0.4) is 0 Å². The fraction of sp³-hybridized carbons (Fsp3) is 0.148. The Bertz CT molecular complexity index is 3560. The number of rotatable bonds is 16. The second kappa shape index (κ2) is 26.1. The van der Waals surface area contributed by atoms with Crippen LogP contribution in [0.25, 0.3) is 21.5 Å². The van der Waals surface area contributed by atoms with Crippen LogP contribution in [0.4, 0.5) is 34.1 Å².